The standard InChI is InChI=1S/C12H11N4P/c1-7-9(5-13)15-6-10-11(7)8-3-2-4-14-12(8)16(10)17/h3,6H,2,4,17H2,1H3. The number of hydrogen-bond donors (Lipinski definition) is 0. The zero-order valence-electron chi connectivity index (χ0n) is 9.44. The zero-order chi connectivity index (χ0) is 12.0. The molecule has 3 heterocycles. The molecule has 1 aliphatic rings. The van der Waals surface area contributed by atoms with E-state index in [0.29, 0.717) is 5.69 Å². The van der Waals surface area contributed by atoms with Gasteiger partial charge < -0.3 is 4.34 Å². The van der Waals surface area contributed by atoms with Crippen molar-refractivity contribution in [3.63, 3.8) is 0 Å². The summed E-state index contributed by atoms with van der Waals surface area (Å²) in [5, 5.41) is 11.3. The Bertz CT molecular complexity index is 780. The largest absolute Gasteiger partial charge is 0.308 e. The van der Waals surface area contributed by atoms with Crippen molar-refractivity contribution < 1.29 is 0 Å². The molecule has 0 saturated heterocycles. The zero-order valence-corrected chi connectivity index (χ0v) is 10.6. The van der Waals surface area contributed by atoms with E-state index < -0.39 is 0 Å². The van der Waals surface area contributed by atoms with Crippen LogP contribution in [0.4, 0.5) is 0 Å². The van der Waals surface area contributed by atoms with Gasteiger partial charge in [-0.15, -0.1) is 0 Å². The van der Waals surface area contributed by atoms with Crippen LogP contribution in [0.3, 0.4) is 0 Å². The van der Waals surface area contributed by atoms with Crippen LogP contribution in [0.2, 0.25) is 0 Å². The van der Waals surface area contributed by atoms with Gasteiger partial charge in [-0.25, -0.2) is 4.98 Å². The average molecular weight is 242 g/mol. The molecule has 84 valence electrons. The van der Waals surface area contributed by atoms with E-state index in [-0.39, 0.29) is 0 Å². The van der Waals surface area contributed by atoms with Crippen molar-refractivity contribution in [1.82, 2.24) is 9.32 Å². The Morgan fingerprint density at radius 1 is 1.53 bits per heavy atom. The third-order valence-corrected chi connectivity index (χ3v) is 3.67. The molecule has 1 aliphatic heterocycles. The highest BCUT2D eigenvalue weighted by Crippen LogP contribution is 2.17. The molecule has 2 aromatic heterocycles. The van der Waals surface area contributed by atoms with Gasteiger partial charge in [-0.3, -0.25) is 4.99 Å². The van der Waals surface area contributed by atoms with Gasteiger partial charge in [0.15, 0.2) is 0 Å². The maximum atomic E-state index is 9.03. The fourth-order valence-corrected chi connectivity index (χ4v) is 2.74. The lowest BCUT2D eigenvalue weighted by atomic mass is 10.1. The Kier molecular flexibility index (Phi) is 2.24. The lowest BCUT2D eigenvalue weighted by Crippen LogP contribution is -2.29. The van der Waals surface area contributed by atoms with Crippen LogP contribution in [-0.4, -0.2) is 15.9 Å². The van der Waals surface area contributed by atoms with Gasteiger partial charge >= 0.3 is 0 Å². The topological polar surface area (TPSA) is 54.0 Å². The van der Waals surface area contributed by atoms with E-state index in [9.17, 15) is 0 Å². The van der Waals surface area contributed by atoms with E-state index in [2.05, 4.69) is 31.5 Å². The summed E-state index contributed by atoms with van der Waals surface area (Å²) >= 11 is 0. The molecule has 3 rings (SSSR count). The second-order valence-corrected chi connectivity index (χ2v) is 4.60. The van der Waals surface area contributed by atoms with E-state index >= 15 is 0 Å². The summed E-state index contributed by atoms with van der Waals surface area (Å²) in [5.41, 5.74) is 3.42. The maximum Gasteiger partial charge on any atom is 0.144 e. The predicted molar refractivity (Wildman–Crippen MR) is 69.0 cm³/mol. The molecule has 5 heteroatoms. The first kappa shape index (κ1) is 10.4. The Morgan fingerprint density at radius 3 is 3.12 bits per heavy atom. The molecule has 0 aromatic carbocycles. The van der Waals surface area contributed by atoms with Crippen LogP contribution < -0.4 is 10.7 Å². The molecule has 0 bridgehead atoms. The molecule has 1 unspecified atom stereocenters. The second-order valence-electron chi connectivity index (χ2n) is 4.09. The summed E-state index contributed by atoms with van der Waals surface area (Å²) < 4.78 is 1.97. The van der Waals surface area contributed by atoms with E-state index in [1.54, 1.807) is 6.20 Å². The molecule has 1 atom stereocenters. The molecule has 0 spiro atoms. The third kappa shape index (κ3) is 1.33. The van der Waals surface area contributed by atoms with Crippen LogP contribution in [0.15, 0.2) is 11.2 Å². The summed E-state index contributed by atoms with van der Waals surface area (Å²) in [6, 6.07) is 2.13. The smallest absolute Gasteiger partial charge is 0.144 e. The monoisotopic (exact) mass is 242 g/mol. The molecule has 0 radical (unpaired) electrons. The van der Waals surface area contributed by atoms with Gasteiger partial charge in [-0.05, 0) is 28.3 Å². The molecular weight excluding hydrogens is 231 g/mol. The summed E-state index contributed by atoms with van der Waals surface area (Å²) in [6.07, 6.45) is 4.90. The van der Waals surface area contributed by atoms with Crippen LogP contribution in [0.1, 0.15) is 17.7 Å². The highest BCUT2D eigenvalue weighted by molar-refractivity contribution is 7.14. The number of aryl methyl sites for hydroxylation is 1. The molecule has 0 saturated carbocycles. The van der Waals surface area contributed by atoms with Crippen LogP contribution in [0.25, 0.3) is 17.0 Å². The molecule has 0 fully saturated rings. The Morgan fingerprint density at radius 2 is 2.35 bits per heavy atom. The highest BCUT2D eigenvalue weighted by Gasteiger charge is 2.13. The number of rotatable bonds is 0. The van der Waals surface area contributed by atoms with Gasteiger partial charge in [0.1, 0.15) is 17.3 Å². The molecular formula is C12H11N4P. The van der Waals surface area contributed by atoms with Gasteiger partial charge in [0.05, 0.1) is 11.7 Å². The minimum Gasteiger partial charge on any atom is -0.308 e. The normalized spacial score (nSPS) is 13.7. The molecule has 0 amide bonds. The fraction of sp³-hybridized carbons (Fsp3) is 0.250. The van der Waals surface area contributed by atoms with Crippen molar-refractivity contribution in [2.24, 2.45) is 4.99 Å². The van der Waals surface area contributed by atoms with Crippen LogP contribution in [-0.2, 0) is 0 Å². The SMILES string of the molecule is Cc1c(C#N)ncc2c1c1c(n2P)=NCCC=1. The third-order valence-electron chi connectivity index (χ3n) is 3.15. The van der Waals surface area contributed by atoms with Crippen LogP contribution in [0.5, 0.6) is 0 Å². The number of nitriles is 1. The minimum absolute atomic E-state index is 0.495. The van der Waals surface area contributed by atoms with Crippen LogP contribution >= 0.6 is 9.39 Å². The first-order valence-electron chi connectivity index (χ1n) is 5.44. The van der Waals surface area contributed by atoms with Gasteiger partial charge in [0, 0.05) is 17.1 Å². The maximum absolute atomic E-state index is 9.03. The number of aromatic nitrogens is 2. The molecule has 17 heavy (non-hydrogen) atoms. The van der Waals surface area contributed by atoms with E-state index in [4.69, 9.17) is 5.26 Å². The summed E-state index contributed by atoms with van der Waals surface area (Å²) in [5.74, 6) is 0. The van der Waals surface area contributed by atoms with Crippen LogP contribution in [0, 0.1) is 18.3 Å². The Hall–Kier alpha value is -1.72. The first-order valence-corrected chi connectivity index (χ1v) is 5.95. The summed E-state index contributed by atoms with van der Waals surface area (Å²) in [7, 11) is 2.66. The number of fused-ring (bicyclic) bond motifs is 3. The van der Waals surface area contributed by atoms with Gasteiger partial charge in [0.25, 0.3) is 0 Å². The van der Waals surface area contributed by atoms with Crippen molar-refractivity contribution in [1.29, 1.82) is 5.26 Å². The number of hydrogen-bond acceptors (Lipinski definition) is 3. The molecule has 4 nitrogen and oxygen atoms in total. The summed E-state index contributed by atoms with van der Waals surface area (Å²) in [4.78, 5) is 8.70. The van der Waals surface area contributed by atoms with Gasteiger partial charge in [-0.1, -0.05) is 6.08 Å². The highest BCUT2D eigenvalue weighted by atomic mass is 31.0. The van der Waals surface area contributed by atoms with Crippen molar-refractivity contribution in [3.05, 3.63) is 28.2 Å². The summed E-state index contributed by atoms with van der Waals surface area (Å²) in [6.45, 7) is 2.77. The number of pyridine rings is 1. The van der Waals surface area contributed by atoms with Crippen molar-refractivity contribution in [3.8, 4) is 6.07 Å². The average Bonchev–Trinajstić information content (AvgIpc) is 2.65. The number of nitrogens with zero attached hydrogens (tertiary/aromatic N) is 4. The Balaban J connectivity index is 2.64. The predicted octanol–water partition coefficient (Wildman–Crippen LogP) is 0.658. The van der Waals surface area contributed by atoms with Gasteiger partial charge in [0.2, 0.25) is 0 Å². The van der Waals surface area contributed by atoms with E-state index in [1.165, 1.54) is 0 Å². The molecule has 0 aliphatic carbocycles. The lowest BCUT2D eigenvalue weighted by Gasteiger charge is -1.99. The van der Waals surface area contributed by atoms with Crippen molar-refractivity contribution in [2.45, 2.75) is 13.3 Å². The second kappa shape index (κ2) is 3.65. The molecule has 2 aromatic rings. The lowest BCUT2D eigenvalue weighted by molar-refractivity contribution is 0.926. The molecule has 0 N–H and O–H groups in total. The van der Waals surface area contributed by atoms with Gasteiger partial charge in [-0.2, -0.15) is 5.26 Å². The minimum atomic E-state index is 0.495. The van der Waals surface area contributed by atoms with E-state index in [0.717, 1.165) is 40.1 Å². The first-order chi connectivity index (χ1) is 8.24. The van der Waals surface area contributed by atoms with E-state index in [1.807, 2.05) is 11.3 Å². The van der Waals surface area contributed by atoms with Crippen molar-refractivity contribution in [2.75, 3.05) is 6.54 Å². The van der Waals surface area contributed by atoms with Crippen molar-refractivity contribution >= 4 is 26.4 Å². The fourth-order valence-electron chi connectivity index (χ4n) is 2.32. The quantitative estimate of drug-likeness (QED) is 0.637. The Labute approximate surface area is 101 Å².